The molecule has 35 heavy (non-hydrogen) atoms. The molecule has 11 nitrogen and oxygen atoms in total. The van der Waals surface area contributed by atoms with Gasteiger partial charge in [0.15, 0.2) is 0 Å². The monoisotopic (exact) mass is 494 g/mol. The van der Waals surface area contributed by atoms with E-state index in [1.807, 2.05) is 12.1 Å². The highest BCUT2D eigenvalue weighted by atomic mass is 16.5. The van der Waals surface area contributed by atoms with Crippen molar-refractivity contribution < 1.29 is 45.4 Å². The van der Waals surface area contributed by atoms with Crippen molar-refractivity contribution in [2.24, 2.45) is 0 Å². The Labute approximate surface area is 203 Å². The molecule has 194 valence electrons. The van der Waals surface area contributed by atoms with E-state index in [-0.39, 0.29) is 17.0 Å². The quantitative estimate of drug-likeness (QED) is 0.549. The lowest BCUT2D eigenvalue weighted by Crippen LogP contribution is -2.46. The minimum absolute atomic E-state index is 0. The summed E-state index contributed by atoms with van der Waals surface area (Å²) in [6.45, 7) is 6.60. The van der Waals surface area contributed by atoms with Gasteiger partial charge in [-0.1, -0.05) is 24.3 Å². The third kappa shape index (κ3) is 9.33. The third-order valence-corrected chi connectivity index (χ3v) is 5.19. The first-order chi connectivity index (χ1) is 15.6. The minimum Gasteiger partial charge on any atom is -0.489 e. The standard InChI is InChI=1S/C20H22N2O3.2C2H4O2.2H2O/c1-21-8-10-22(11-9-21)19-16-5-3-2-4-15(16)13-25-18-7-6-14(20(23)24)12-17(18)19;2*1-2(3)4;;/h2-7,12,19H,8-11,13H2,1H3,(H,23,24);2*1H3,(H,3,4);2*1H2. The molecule has 1 atom stereocenters. The van der Waals surface area contributed by atoms with E-state index in [1.165, 1.54) is 11.1 Å². The maximum atomic E-state index is 11.5. The van der Waals surface area contributed by atoms with E-state index in [4.69, 9.17) is 24.5 Å². The highest BCUT2D eigenvalue weighted by molar-refractivity contribution is 5.88. The first kappa shape index (κ1) is 31.5. The Balaban J connectivity index is 0.00000102. The van der Waals surface area contributed by atoms with Crippen LogP contribution < -0.4 is 4.74 Å². The van der Waals surface area contributed by atoms with Gasteiger partial charge in [-0.25, -0.2) is 4.79 Å². The van der Waals surface area contributed by atoms with Crippen molar-refractivity contribution in [2.45, 2.75) is 26.5 Å². The van der Waals surface area contributed by atoms with E-state index < -0.39 is 17.9 Å². The van der Waals surface area contributed by atoms with Crippen LogP contribution in [-0.4, -0.2) is 87.2 Å². The number of carboxylic acids is 3. The fourth-order valence-corrected chi connectivity index (χ4v) is 3.76. The van der Waals surface area contributed by atoms with Gasteiger partial charge in [0.1, 0.15) is 12.4 Å². The molecule has 2 aliphatic heterocycles. The Bertz CT molecular complexity index is 969. The average Bonchev–Trinajstić information content (AvgIpc) is 2.90. The molecule has 1 fully saturated rings. The smallest absolute Gasteiger partial charge is 0.335 e. The van der Waals surface area contributed by atoms with Crippen molar-refractivity contribution in [3.63, 3.8) is 0 Å². The molecular formula is C24H34N2O9. The SMILES string of the molecule is CC(=O)O.CC(=O)O.CN1CCN(C2c3ccccc3COc3ccc(C(=O)O)cc32)CC1.O.O. The molecule has 11 heteroatoms. The summed E-state index contributed by atoms with van der Waals surface area (Å²) in [4.78, 5) is 34.2. The lowest BCUT2D eigenvalue weighted by Gasteiger charge is -2.38. The average molecular weight is 495 g/mol. The maximum absolute atomic E-state index is 11.5. The van der Waals surface area contributed by atoms with Gasteiger partial charge in [0.25, 0.3) is 11.9 Å². The second kappa shape index (κ2) is 14.7. The van der Waals surface area contributed by atoms with Gasteiger partial charge >= 0.3 is 5.97 Å². The van der Waals surface area contributed by atoms with Gasteiger partial charge < -0.3 is 35.9 Å². The Hall–Kier alpha value is -3.51. The number of rotatable bonds is 2. The molecule has 1 saturated heterocycles. The summed E-state index contributed by atoms with van der Waals surface area (Å²) in [5.74, 6) is -1.79. The topological polar surface area (TPSA) is 191 Å². The van der Waals surface area contributed by atoms with E-state index >= 15 is 0 Å². The number of nitrogens with zero attached hydrogens (tertiary/aromatic N) is 2. The number of aliphatic carboxylic acids is 2. The van der Waals surface area contributed by atoms with E-state index in [9.17, 15) is 9.90 Å². The number of aromatic carboxylic acids is 1. The molecule has 2 heterocycles. The molecule has 0 aliphatic carbocycles. The van der Waals surface area contributed by atoms with Crippen molar-refractivity contribution in [3.8, 4) is 5.75 Å². The number of piperazine rings is 1. The van der Waals surface area contributed by atoms with Crippen molar-refractivity contribution in [1.29, 1.82) is 0 Å². The Morgan fingerprint density at radius 3 is 1.94 bits per heavy atom. The second-order valence-corrected chi connectivity index (χ2v) is 7.83. The predicted molar refractivity (Wildman–Crippen MR) is 129 cm³/mol. The van der Waals surface area contributed by atoms with Crippen LogP contribution in [0.4, 0.5) is 0 Å². The molecule has 0 bridgehead atoms. The van der Waals surface area contributed by atoms with Crippen LogP contribution in [0.1, 0.15) is 46.9 Å². The zero-order chi connectivity index (χ0) is 24.5. The number of likely N-dealkylation sites (N-methyl/N-ethyl adjacent to an activating group) is 1. The van der Waals surface area contributed by atoms with Gasteiger partial charge in [0.05, 0.1) is 11.6 Å². The van der Waals surface area contributed by atoms with Gasteiger partial charge in [-0.3, -0.25) is 14.5 Å². The van der Waals surface area contributed by atoms with Gasteiger partial charge in [-0.15, -0.1) is 0 Å². The number of ether oxygens (including phenoxy) is 1. The lowest BCUT2D eigenvalue weighted by molar-refractivity contribution is -0.135. The molecule has 1 unspecified atom stereocenters. The Morgan fingerprint density at radius 2 is 1.40 bits per heavy atom. The normalized spacial score (nSPS) is 16.4. The Morgan fingerprint density at radius 1 is 0.857 bits per heavy atom. The molecule has 4 rings (SSSR count). The van der Waals surface area contributed by atoms with Crippen molar-refractivity contribution in [1.82, 2.24) is 9.80 Å². The fraction of sp³-hybridized carbons (Fsp3) is 0.375. The minimum atomic E-state index is -0.905. The summed E-state index contributed by atoms with van der Waals surface area (Å²) in [5.41, 5.74) is 3.64. The number of carbonyl (C=O) groups is 3. The molecule has 0 radical (unpaired) electrons. The number of hydrogen-bond donors (Lipinski definition) is 3. The molecule has 0 aromatic heterocycles. The van der Waals surface area contributed by atoms with Crippen molar-refractivity contribution >= 4 is 17.9 Å². The zero-order valence-electron chi connectivity index (χ0n) is 20.0. The third-order valence-electron chi connectivity index (χ3n) is 5.19. The van der Waals surface area contributed by atoms with E-state index in [0.717, 1.165) is 51.3 Å². The molecule has 0 spiro atoms. The van der Waals surface area contributed by atoms with Crippen LogP contribution in [0.15, 0.2) is 42.5 Å². The molecular weight excluding hydrogens is 460 g/mol. The van der Waals surface area contributed by atoms with E-state index in [1.54, 1.807) is 18.2 Å². The zero-order valence-corrected chi connectivity index (χ0v) is 20.0. The molecule has 2 aromatic carbocycles. The van der Waals surface area contributed by atoms with Crippen LogP contribution in [0.5, 0.6) is 5.75 Å². The first-order valence-electron chi connectivity index (χ1n) is 10.5. The van der Waals surface area contributed by atoms with Crippen LogP contribution in [0.2, 0.25) is 0 Å². The number of hydrogen-bond acceptors (Lipinski definition) is 6. The highest BCUT2D eigenvalue weighted by Gasteiger charge is 2.31. The molecule has 0 saturated carbocycles. The van der Waals surface area contributed by atoms with Gasteiger partial charge in [0, 0.05) is 45.6 Å². The largest absolute Gasteiger partial charge is 0.489 e. The van der Waals surface area contributed by atoms with Crippen LogP contribution in [-0.2, 0) is 16.2 Å². The number of benzene rings is 2. The summed E-state index contributed by atoms with van der Waals surface area (Å²) in [7, 11) is 2.14. The molecule has 2 aromatic rings. The van der Waals surface area contributed by atoms with Crippen LogP contribution in [0, 0.1) is 0 Å². The lowest BCUT2D eigenvalue weighted by atomic mass is 9.92. The van der Waals surface area contributed by atoms with Gasteiger partial charge in [-0.05, 0) is 36.4 Å². The predicted octanol–water partition coefficient (Wildman–Crippen LogP) is 1.15. The van der Waals surface area contributed by atoms with Gasteiger partial charge in [-0.2, -0.15) is 0 Å². The summed E-state index contributed by atoms with van der Waals surface area (Å²) >= 11 is 0. The molecule has 2 aliphatic rings. The summed E-state index contributed by atoms with van der Waals surface area (Å²) in [6, 6.07) is 13.6. The van der Waals surface area contributed by atoms with Crippen molar-refractivity contribution in [2.75, 3.05) is 33.2 Å². The maximum Gasteiger partial charge on any atom is 0.335 e. The number of carboxylic acid groups (broad SMARTS) is 3. The highest BCUT2D eigenvalue weighted by Crippen LogP contribution is 2.40. The first-order valence-corrected chi connectivity index (χ1v) is 10.5. The van der Waals surface area contributed by atoms with Crippen molar-refractivity contribution in [3.05, 3.63) is 64.7 Å². The fourth-order valence-electron chi connectivity index (χ4n) is 3.76. The summed E-state index contributed by atoms with van der Waals surface area (Å²) in [6.07, 6.45) is 0. The molecule has 7 N–H and O–H groups in total. The van der Waals surface area contributed by atoms with Crippen LogP contribution >= 0.6 is 0 Å². The summed E-state index contributed by atoms with van der Waals surface area (Å²) in [5, 5.41) is 24.3. The second-order valence-electron chi connectivity index (χ2n) is 7.83. The molecule has 0 amide bonds. The summed E-state index contributed by atoms with van der Waals surface area (Å²) < 4.78 is 6.02. The van der Waals surface area contributed by atoms with E-state index in [0.29, 0.717) is 12.2 Å². The van der Waals surface area contributed by atoms with Gasteiger partial charge in [0.2, 0.25) is 0 Å². The van der Waals surface area contributed by atoms with Crippen LogP contribution in [0.25, 0.3) is 0 Å². The van der Waals surface area contributed by atoms with Crippen LogP contribution in [0.3, 0.4) is 0 Å². The Kier molecular flexibility index (Phi) is 13.2. The number of fused-ring (bicyclic) bond motifs is 2. The van der Waals surface area contributed by atoms with E-state index in [2.05, 4.69) is 29.0 Å².